The van der Waals surface area contributed by atoms with Gasteiger partial charge in [-0.15, -0.1) is 0 Å². The molecule has 0 aliphatic rings. The topological polar surface area (TPSA) is 265 Å². The molecule has 20 heavy (non-hydrogen) atoms. The van der Waals surface area contributed by atoms with Crippen LogP contribution in [0.2, 0.25) is 0 Å². The number of carbonyl (C=O) groups is 3. The van der Waals surface area contributed by atoms with Gasteiger partial charge in [-0.25, -0.2) is 0 Å². The van der Waals surface area contributed by atoms with Crippen molar-refractivity contribution < 1.29 is 45.8 Å². The third kappa shape index (κ3) is 205. The Bertz CT molecular complexity index is 326. The number of hydrogen-bond donors (Lipinski definition) is 8. The third-order valence-electron chi connectivity index (χ3n) is 0.524. The molecule has 14 heteroatoms. The summed E-state index contributed by atoms with van der Waals surface area (Å²) in [5, 5.41) is 22.8. The van der Waals surface area contributed by atoms with Gasteiger partial charge in [0, 0.05) is 0 Å². The van der Waals surface area contributed by atoms with E-state index in [4.69, 9.17) is 31.4 Å². The Labute approximate surface area is 114 Å². The van der Waals surface area contributed by atoms with Crippen LogP contribution < -0.4 is 17.2 Å². The van der Waals surface area contributed by atoms with E-state index >= 15 is 0 Å². The maximum atomic E-state index is 9.24. The Morgan fingerprint density at radius 2 is 0.750 bits per heavy atom. The van der Waals surface area contributed by atoms with Crippen LogP contribution in [-0.2, 0) is 22.1 Å². The van der Waals surface area contributed by atoms with E-state index in [9.17, 15) is 14.4 Å². The van der Waals surface area contributed by atoms with Crippen LogP contribution in [0.15, 0.2) is 0 Å². The van der Waals surface area contributed by atoms with E-state index in [2.05, 4.69) is 17.2 Å². The summed E-state index contributed by atoms with van der Waals surface area (Å²) < 4.78 is 31.9. The first-order valence-corrected chi connectivity index (χ1v) is 7.20. The summed E-state index contributed by atoms with van der Waals surface area (Å²) in [6.07, 6.45) is 0. The van der Waals surface area contributed by atoms with Gasteiger partial charge in [0.15, 0.2) is 0 Å². The van der Waals surface area contributed by atoms with Crippen molar-refractivity contribution >= 4 is 31.3 Å². The summed E-state index contributed by atoms with van der Waals surface area (Å²) >= 11 is -5.25. The molecule has 122 valence electrons. The fourth-order valence-electron chi connectivity index (χ4n) is 0. The first-order valence-electron chi connectivity index (χ1n) is 4.27. The van der Waals surface area contributed by atoms with E-state index < -0.39 is 31.3 Å². The Morgan fingerprint density at radius 1 is 0.700 bits per heavy atom. The van der Waals surface area contributed by atoms with Crippen molar-refractivity contribution in [1.82, 2.24) is 0 Å². The molecule has 0 aromatic rings. The molecule has 0 rings (SSSR count). The predicted molar refractivity (Wildman–Crippen MR) is 61.6 cm³/mol. The molecule has 0 fully saturated rings. The normalized spacial score (nSPS) is 8.45. The average Bonchev–Trinajstić information content (AvgIpc) is 2.28. The Hall–Kier alpha value is -1.67. The maximum absolute atomic E-state index is 9.24. The van der Waals surface area contributed by atoms with Crippen molar-refractivity contribution in [3.05, 3.63) is 0 Å². The summed E-state index contributed by atoms with van der Waals surface area (Å²) in [4.78, 5) is 27.7. The van der Waals surface area contributed by atoms with E-state index in [-0.39, 0.29) is 19.6 Å². The summed E-state index contributed by atoms with van der Waals surface area (Å²) in [7, 11) is 0. The van der Waals surface area contributed by atoms with Gasteiger partial charge < -0.3 is 32.5 Å². The number of nitrogens with two attached hydrogens (primary N) is 3. The molecule has 13 nitrogen and oxygen atoms in total. The number of aliphatic carboxylic acids is 3. The molecular weight excluding hydrogens is 353 g/mol. The Morgan fingerprint density at radius 3 is 0.750 bits per heavy atom. The Kier molecular flexibility index (Phi) is 23.2. The van der Waals surface area contributed by atoms with E-state index in [1.165, 1.54) is 0 Å². The molecular formula is C6H17N3O10Se. The molecule has 0 aromatic carbocycles. The van der Waals surface area contributed by atoms with Crippen LogP contribution in [0, 0.1) is 0 Å². The average molecular weight is 370 g/mol. The number of rotatable bonds is 3. The van der Waals surface area contributed by atoms with Gasteiger partial charge in [0.1, 0.15) is 0 Å². The van der Waals surface area contributed by atoms with Crippen molar-refractivity contribution in [1.29, 1.82) is 0 Å². The quantitative estimate of drug-likeness (QED) is 0.217. The molecule has 0 aliphatic heterocycles. The van der Waals surface area contributed by atoms with Gasteiger partial charge in [-0.05, 0) is 0 Å². The third-order valence-corrected chi connectivity index (χ3v) is 0.524. The zero-order valence-electron chi connectivity index (χ0n) is 10.0. The molecule has 0 radical (unpaired) electrons. The molecule has 0 saturated carbocycles. The van der Waals surface area contributed by atoms with Crippen molar-refractivity contribution in [3.8, 4) is 0 Å². The monoisotopic (exact) mass is 371 g/mol. The summed E-state index contributed by atoms with van der Waals surface area (Å²) in [6, 6.07) is 0. The molecule has 0 bridgehead atoms. The first kappa shape index (κ1) is 26.8. The van der Waals surface area contributed by atoms with E-state index in [0.717, 1.165) is 0 Å². The van der Waals surface area contributed by atoms with Gasteiger partial charge in [0.2, 0.25) is 0 Å². The molecule has 0 atom stereocenters. The second-order valence-corrected chi connectivity index (χ2v) is 4.12. The number of carboxylic acid groups (broad SMARTS) is 3. The minimum absolute atomic E-state index is 0.278. The standard InChI is InChI=1S/3C2H5NO2.H2O4Se/c3*3-1-2(4)5;1-5(2,3)4/h3*1,3H2,(H,4,5);(H2,1,2,3,4). The molecule has 0 aromatic heterocycles. The number of hydrogen-bond acceptors (Lipinski definition) is 8. The second-order valence-electron chi connectivity index (χ2n) is 2.24. The van der Waals surface area contributed by atoms with Gasteiger partial charge in [-0.1, -0.05) is 0 Å². The molecule has 0 amide bonds. The van der Waals surface area contributed by atoms with E-state index in [0.29, 0.717) is 0 Å². The van der Waals surface area contributed by atoms with Gasteiger partial charge in [-0.2, -0.15) is 0 Å². The fraction of sp³-hybridized carbons (Fsp3) is 0.500. The minimum atomic E-state index is -5.25. The molecule has 0 saturated heterocycles. The Balaban J connectivity index is -0.0000000853. The van der Waals surface area contributed by atoms with Gasteiger partial charge in [0.05, 0.1) is 19.6 Å². The summed E-state index contributed by atoms with van der Waals surface area (Å²) in [5.41, 5.74) is 13.7. The summed E-state index contributed by atoms with van der Waals surface area (Å²) in [5.74, 6) is -2.90. The zero-order valence-corrected chi connectivity index (χ0v) is 11.8. The predicted octanol–water partition coefficient (Wildman–Crippen LogP) is -4.64. The molecule has 0 aliphatic carbocycles. The van der Waals surface area contributed by atoms with Crippen molar-refractivity contribution in [2.45, 2.75) is 0 Å². The molecule has 0 unspecified atom stereocenters. The van der Waals surface area contributed by atoms with Crippen LogP contribution in [0.25, 0.3) is 0 Å². The molecule has 0 spiro atoms. The van der Waals surface area contributed by atoms with Crippen LogP contribution in [0.5, 0.6) is 0 Å². The van der Waals surface area contributed by atoms with Gasteiger partial charge in [0.25, 0.3) is 0 Å². The molecule has 0 heterocycles. The number of carboxylic acids is 3. The van der Waals surface area contributed by atoms with Crippen molar-refractivity contribution in [2.24, 2.45) is 17.2 Å². The van der Waals surface area contributed by atoms with Crippen molar-refractivity contribution in [3.63, 3.8) is 0 Å². The van der Waals surface area contributed by atoms with Crippen LogP contribution in [0.3, 0.4) is 0 Å². The fourth-order valence-corrected chi connectivity index (χ4v) is 0. The van der Waals surface area contributed by atoms with Crippen LogP contribution in [0.1, 0.15) is 0 Å². The SMILES string of the molecule is NCC(=O)O.NCC(=O)O.NCC(=O)O.O=[Se](=O)(O)O. The van der Waals surface area contributed by atoms with Crippen LogP contribution in [0.4, 0.5) is 0 Å². The van der Waals surface area contributed by atoms with Gasteiger partial charge in [-0.3, -0.25) is 14.4 Å². The van der Waals surface area contributed by atoms with Crippen LogP contribution in [-0.4, -0.2) is 74.6 Å². The van der Waals surface area contributed by atoms with Crippen LogP contribution >= 0.6 is 0 Å². The van der Waals surface area contributed by atoms with Gasteiger partial charge >= 0.3 is 47.3 Å². The molecule has 11 N–H and O–H groups in total. The van der Waals surface area contributed by atoms with E-state index in [1.807, 2.05) is 0 Å². The first-order chi connectivity index (χ1) is 8.81. The van der Waals surface area contributed by atoms with Crippen molar-refractivity contribution in [2.75, 3.05) is 19.6 Å². The zero-order chi connectivity index (χ0) is 17.4. The summed E-state index contributed by atoms with van der Waals surface area (Å²) in [6.45, 7) is -0.833. The second kappa shape index (κ2) is 17.3. The van der Waals surface area contributed by atoms with E-state index in [1.54, 1.807) is 0 Å².